The highest BCUT2D eigenvalue weighted by atomic mass is 16.1. The van der Waals surface area contributed by atoms with Gasteiger partial charge in [0, 0.05) is 12.6 Å². The van der Waals surface area contributed by atoms with Crippen LogP contribution >= 0.6 is 0 Å². The fourth-order valence-electron chi connectivity index (χ4n) is 1.05. The van der Waals surface area contributed by atoms with Gasteiger partial charge in [-0.05, 0) is 31.0 Å². The van der Waals surface area contributed by atoms with E-state index < -0.39 is 0 Å². The summed E-state index contributed by atoms with van der Waals surface area (Å²) in [5, 5.41) is 0. The molecule has 1 aromatic rings. The lowest BCUT2D eigenvalue weighted by molar-refractivity contribution is 0.0979. The summed E-state index contributed by atoms with van der Waals surface area (Å²) in [6, 6.07) is 3.69. The van der Waals surface area contributed by atoms with Crippen LogP contribution in [0, 0.1) is 6.92 Å². The molecule has 68 valence electrons. The lowest BCUT2D eigenvalue weighted by Gasteiger charge is -1.98. The van der Waals surface area contributed by atoms with Gasteiger partial charge in [0.15, 0.2) is 5.78 Å². The number of aromatic nitrogens is 1. The fourth-order valence-corrected chi connectivity index (χ4v) is 1.05. The second-order valence-corrected chi connectivity index (χ2v) is 2.97. The Labute approximate surface area is 78.3 Å². The van der Waals surface area contributed by atoms with E-state index >= 15 is 0 Å². The van der Waals surface area contributed by atoms with Crippen molar-refractivity contribution in [1.82, 2.24) is 4.98 Å². The Kier molecular flexibility index (Phi) is 3.38. The van der Waals surface area contributed by atoms with Gasteiger partial charge in [-0.1, -0.05) is 6.08 Å². The molecule has 0 aliphatic rings. The topological polar surface area (TPSA) is 30.0 Å². The molecule has 0 atom stereocenters. The summed E-state index contributed by atoms with van der Waals surface area (Å²) in [5.41, 5.74) is 1.62. The van der Waals surface area contributed by atoms with Gasteiger partial charge in [-0.25, -0.2) is 0 Å². The number of Topliss-reactive ketones (excluding diaryl/α,β-unsaturated/α-hetero) is 1. The first kappa shape index (κ1) is 9.65. The molecule has 0 unspecified atom stereocenters. The van der Waals surface area contributed by atoms with E-state index in [1.54, 1.807) is 12.3 Å². The molecule has 1 heterocycles. The van der Waals surface area contributed by atoms with Crippen molar-refractivity contribution in [3.05, 3.63) is 42.2 Å². The third-order valence-corrected chi connectivity index (χ3v) is 1.78. The number of carbonyl (C=O) groups is 1. The number of nitrogens with zero attached hydrogens (tertiary/aromatic N) is 1. The summed E-state index contributed by atoms with van der Waals surface area (Å²) in [6.07, 6.45) is 4.62. The van der Waals surface area contributed by atoms with Crippen molar-refractivity contribution in [2.24, 2.45) is 0 Å². The minimum Gasteiger partial charge on any atom is -0.292 e. The molecule has 0 spiro atoms. The van der Waals surface area contributed by atoms with Crippen LogP contribution in [0.3, 0.4) is 0 Å². The van der Waals surface area contributed by atoms with Crippen molar-refractivity contribution < 1.29 is 4.79 Å². The molecule has 0 radical (unpaired) electrons. The molecule has 0 aromatic carbocycles. The SMILES string of the molecule is C=CCCC(=O)c1cc(C)ccn1. The standard InChI is InChI=1S/C11H13NO/c1-3-4-5-11(13)10-8-9(2)6-7-12-10/h3,6-8H,1,4-5H2,2H3. The second-order valence-electron chi connectivity index (χ2n) is 2.97. The Hall–Kier alpha value is -1.44. The van der Waals surface area contributed by atoms with Crippen molar-refractivity contribution in [3.8, 4) is 0 Å². The highest BCUT2D eigenvalue weighted by molar-refractivity contribution is 5.94. The predicted molar refractivity (Wildman–Crippen MR) is 52.7 cm³/mol. The average Bonchev–Trinajstić information content (AvgIpc) is 2.14. The maximum absolute atomic E-state index is 11.4. The second kappa shape index (κ2) is 4.55. The first-order valence-electron chi connectivity index (χ1n) is 4.31. The Morgan fingerprint density at radius 3 is 3.08 bits per heavy atom. The van der Waals surface area contributed by atoms with Gasteiger partial charge in [0.1, 0.15) is 5.69 Å². The van der Waals surface area contributed by atoms with E-state index in [2.05, 4.69) is 11.6 Å². The first-order valence-corrected chi connectivity index (χ1v) is 4.31. The monoisotopic (exact) mass is 175 g/mol. The van der Waals surface area contributed by atoms with E-state index in [0.29, 0.717) is 18.5 Å². The minimum atomic E-state index is 0.0867. The third-order valence-electron chi connectivity index (χ3n) is 1.78. The van der Waals surface area contributed by atoms with Gasteiger partial charge in [0.25, 0.3) is 0 Å². The zero-order chi connectivity index (χ0) is 9.68. The van der Waals surface area contributed by atoms with Gasteiger partial charge in [-0.15, -0.1) is 6.58 Å². The van der Waals surface area contributed by atoms with Crippen LogP contribution in [0.15, 0.2) is 31.0 Å². The van der Waals surface area contributed by atoms with Crippen molar-refractivity contribution in [2.45, 2.75) is 19.8 Å². The van der Waals surface area contributed by atoms with Crippen LogP contribution in [0.4, 0.5) is 0 Å². The molecule has 2 nitrogen and oxygen atoms in total. The number of hydrogen-bond donors (Lipinski definition) is 0. The lowest BCUT2D eigenvalue weighted by Crippen LogP contribution is -2.01. The fraction of sp³-hybridized carbons (Fsp3) is 0.273. The number of aryl methyl sites for hydroxylation is 1. The largest absolute Gasteiger partial charge is 0.292 e. The number of allylic oxidation sites excluding steroid dienone is 1. The summed E-state index contributed by atoms with van der Waals surface area (Å²) in [6.45, 7) is 5.52. The molecular weight excluding hydrogens is 162 g/mol. The molecular formula is C11H13NO. The van der Waals surface area contributed by atoms with Crippen molar-refractivity contribution in [3.63, 3.8) is 0 Å². The summed E-state index contributed by atoms with van der Waals surface area (Å²) in [4.78, 5) is 15.5. The molecule has 0 aliphatic heterocycles. The van der Waals surface area contributed by atoms with E-state index in [1.807, 2.05) is 19.1 Å². The summed E-state index contributed by atoms with van der Waals surface area (Å²) >= 11 is 0. The van der Waals surface area contributed by atoms with Gasteiger partial charge in [0.05, 0.1) is 0 Å². The van der Waals surface area contributed by atoms with Crippen molar-refractivity contribution in [1.29, 1.82) is 0 Å². The van der Waals surface area contributed by atoms with Gasteiger partial charge in [-0.3, -0.25) is 9.78 Å². The quantitative estimate of drug-likeness (QED) is 0.520. The molecule has 0 N–H and O–H groups in total. The Bertz CT molecular complexity index is 318. The third kappa shape index (κ3) is 2.82. The van der Waals surface area contributed by atoms with Crippen LogP contribution in [0.2, 0.25) is 0 Å². The van der Waals surface area contributed by atoms with Crippen LogP contribution in [0.5, 0.6) is 0 Å². The molecule has 0 aliphatic carbocycles. The van der Waals surface area contributed by atoms with Crippen molar-refractivity contribution in [2.75, 3.05) is 0 Å². The van der Waals surface area contributed by atoms with Crippen LogP contribution in [0.25, 0.3) is 0 Å². The first-order chi connectivity index (χ1) is 6.24. The summed E-state index contributed by atoms with van der Waals surface area (Å²) < 4.78 is 0. The number of rotatable bonds is 4. The van der Waals surface area contributed by atoms with Crippen LogP contribution < -0.4 is 0 Å². The number of hydrogen-bond acceptors (Lipinski definition) is 2. The van der Waals surface area contributed by atoms with Crippen LogP contribution in [-0.2, 0) is 0 Å². The Balaban J connectivity index is 2.71. The number of carbonyl (C=O) groups excluding carboxylic acids is 1. The van der Waals surface area contributed by atoms with Gasteiger partial charge < -0.3 is 0 Å². The number of ketones is 1. The summed E-state index contributed by atoms with van der Waals surface area (Å²) in [7, 11) is 0. The predicted octanol–water partition coefficient (Wildman–Crippen LogP) is 2.54. The van der Waals surface area contributed by atoms with Crippen molar-refractivity contribution >= 4 is 5.78 Å². The molecule has 0 amide bonds. The maximum atomic E-state index is 11.4. The van der Waals surface area contributed by atoms with Gasteiger partial charge >= 0.3 is 0 Å². The molecule has 0 fully saturated rings. The highest BCUT2D eigenvalue weighted by Crippen LogP contribution is 2.04. The number of pyridine rings is 1. The highest BCUT2D eigenvalue weighted by Gasteiger charge is 2.05. The zero-order valence-corrected chi connectivity index (χ0v) is 7.79. The zero-order valence-electron chi connectivity index (χ0n) is 7.79. The smallest absolute Gasteiger partial charge is 0.181 e. The van der Waals surface area contributed by atoms with Crippen LogP contribution in [-0.4, -0.2) is 10.8 Å². The maximum Gasteiger partial charge on any atom is 0.181 e. The van der Waals surface area contributed by atoms with E-state index in [0.717, 1.165) is 5.56 Å². The van der Waals surface area contributed by atoms with Crippen LogP contribution in [0.1, 0.15) is 28.9 Å². The normalized spacial score (nSPS) is 9.62. The van der Waals surface area contributed by atoms with E-state index in [9.17, 15) is 4.79 Å². The average molecular weight is 175 g/mol. The van der Waals surface area contributed by atoms with E-state index in [1.165, 1.54) is 0 Å². The van der Waals surface area contributed by atoms with Gasteiger partial charge in [-0.2, -0.15) is 0 Å². The molecule has 2 heteroatoms. The molecule has 1 aromatic heterocycles. The minimum absolute atomic E-state index is 0.0867. The molecule has 13 heavy (non-hydrogen) atoms. The Morgan fingerprint density at radius 1 is 1.69 bits per heavy atom. The molecule has 0 bridgehead atoms. The van der Waals surface area contributed by atoms with Gasteiger partial charge in [0.2, 0.25) is 0 Å². The summed E-state index contributed by atoms with van der Waals surface area (Å²) in [5.74, 6) is 0.0867. The van der Waals surface area contributed by atoms with E-state index in [-0.39, 0.29) is 5.78 Å². The lowest BCUT2D eigenvalue weighted by atomic mass is 10.1. The molecule has 0 saturated heterocycles. The molecule has 1 rings (SSSR count). The molecule has 0 saturated carbocycles. The Morgan fingerprint density at radius 2 is 2.46 bits per heavy atom. The van der Waals surface area contributed by atoms with E-state index in [4.69, 9.17) is 0 Å².